The van der Waals surface area contributed by atoms with Crippen LogP contribution in [0, 0.1) is 6.92 Å². The smallest absolute Gasteiger partial charge is 0.258 e. The molecule has 0 aliphatic rings. The van der Waals surface area contributed by atoms with Gasteiger partial charge in [0.2, 0.25) is 0 Å². The van der Waals surface area contributed by atoms with Gasteiger partial charge in [-0.25, -0.2) is 0 Å². The number of methoxy groups -OCH3 is 1. The van der Waals surface area contributed by atoms with Gasteiger partial charge < -0.3 is 19.9 Å². The highest BCUT2D eigenvalue weighted by molar-refractivity contribution is 6.04. The van der Waals surface area contributed by atoms with Crippen molar-refractivity contribution < 1.29 is 14.1 Å². The molecule has 0 unspecified atom stereocenters. The lowest BCUT2D eigenvalue weighted by Crippen LogP contribution is -2.13. The summed E-state index contributed by atoms with van der Waals surface area (Å²) >= 11 is 0. The van der Waals surface area contributed by atoms with Gasteiger partial charge in [0.1, 0.15) is 11.5 Å². The van der Waals surface area contributed by atoms with E-state index in [0.29, 0.717) is 23.7 Å². The molecule has 25 heavy (non-hydrogen) atoms. The Kier molecular flexibility index (Phi) is 4.94. The van der Waals surface area contributed by atoms with Crippen LogP contribution in [0.5, 0.6) is 5.75 Å². The first kappa shape index (κ1) is 16.5. The number of aromatic nitrogens is 2. The zero-order valence-corrected chi connectivity index (χ0v) is 13.9. The Morgan fingerprint density at radius 3 is 2.68 bits per heavy atom. The van der Waals surface area contributed by atoms with Gasteiger partial charge in [0, 0.05) is 25.0 Å². The second kappa shape index (κ2) is 7.48. The number of hydrogen-bond donors (Lipinski definition) is 2. The summed E-state index contributed by atoms with van der Waals surface area (Å²) in [6.45, 7) is 2.37. The van der Waals surface area contributed by atoms with Crippen LogP contribution in [0.1, 0.15) is 21.7 Å². The van der Waals surface area contributed by atoms with Gasteiger partial charge in [0.15, 0.2) is 5.82 Å². The van der Waals surface area contributed by atoms with Gasteiger partial charge in [-0.2, -0.15) is 0 Å². The number of nitrogens with zero attached hydrogens (tertiary/aromatic N) is 2. The van der Waals surface area contributed by atoms with E-state index in [1.165, 1.54) is 6.20 Å². The topological polar surface area (TPSA) is 89.3 Å². The van der Waals surface area contributed by atoms with Gasteiger partial charge in [-0.3, -0.25) is 9.78 Å². The second-order valence-corrected chi connectivity index (χ2v) is 5.44. The van der Waals surface area contributed by atoms with Crippen LogP contribution in [0.2, 0.25) is 0 Å². The van der Waals surface area contributed by atoms with Crippen LogP contribution in [-0.4, -0.2) is 23.2 Å². The van der Waals surface area contributed by atoms with Crippen molar-refractivity contribution >= 4 is 17.4 Å². The Balaban J connectivity index is 1.63. The molecule has 0 saturated heterocycles. The average molecular weight is 338 g/mol. The molecule has 2 aromatic heterocycles. The van der Waals surface area contributed by atoms with Crippen LogP contribution in [0.15, 0.2) is 53.3 Å². The van der Waals surface area contributed by atoms with Gasteiger partial charge in [0.05, 0.1) is 18.4 Å². The Bertz CT molecular complexity index is 859. The number of hydrogen-bond acceptors (Lipinski definition) is 6. The molecular weight excluding hydrogens is 320 g/mol. The van der Waals surface area contributed by atoms with E-state index < -0.39 is 0 Å². The molecule has 0 radical (unpaired) electrons. The molecule has 0 spiro atoms. The molecule has 1 aromatic carbocycles. The van der Waals surface area contributed by atoms with Crippen molar-refractivity contribution in [2.45, 2.75) is 13.5 Å². The zero-order chi connectivity index (χ0) is 17.6. The maximum Gasteiger partial charge on any atom is 0.258 e. The fourth-order valence-electron chi connectivity index (χ4n) is 2.22. The SMILES string of the molecule is COc1ccc(CNc2cncc(C(=O)Nc3cc(C)on3)c2)cc1. The molecule has 128 valence electrons. The molecule has 7 heteroatoms. The van der Waals surface area contributed by atoms with Crippen LogP contribution < -0.4 is 15.4 Å². The summed E-state index contributed by atoms with van der Waals surface area (Å²) in [4.78, 5) is 16.4. The Morgan fingerprint density at radius 2 is 2.00 bits per heavy atom. The summed E-state index contributed by atoms with van der Waals surface area (Å²) in [6.07, 6.45) is 3.17. The number of carbonyl (C=O) groups excluding carboxylic acids is 1. The van der Waals surface area contributed by atoms with Crippen molar-refractivity contribution in [3.63, 3.8) is 0 Å². The van der Waals surface area contributed by atoms with E-state index in [-0.39, 0.29) is 5.91 Å². The van der Waals surface area contributed by atoms with E-state index in [4.69, 9.17) is 9.26 Å². The molecule has 3 aromatic rings. The third kappa shape index (κ3) is 4.35. The zero-order valence-electron chi connectivity index (χ0n) is 13.9. The number of anilines is 2. The first-order chi connectivity index (χ1) is 12.1. The minimum Gasteiger partial charge on any atom is -0.497 e. The summed E-state index contributed by atoms with van der Waals surface area (Å²) in [7, 11) is 1.63. The first-order valence-electron chi connectivity index (χ1n) is 7.70. The van der Waals surface area contributed by atoms with E-state index in [1.807, 2.05) is 24.3 Å². The molecule has 2 N–H and O–H groups in total. The summed E-state index contributed by atoms with van der Waals surface area (Å²) < 4.78 is 10.1. The summed E-state index contributed by atoms with van der Waals surface area (Å²) in [5.74, 6) is 1.52. The van der Waals surface area contributed by atoms with Gasteiger partial charge in [-0.15, -0.1) is 0 Å². The van der Waals surface area contributed by atoms with E-state index in [2.05, 4.69) is 20.8 Å². The highest BCUT2D eigenvalue weighted by Crippen LogP contribution is 2.15. The van der Waals surface area contributed by atoms with Gasteiger partial charge in [0.25, 0.3) is 5.91 Å². The maximum atomic E-state index is 12.2. The number of nitrogens with one attached hydrogen (secondary N) is 2. The fraction of sp³-hybridized carbons (Fsp3) is 0.167. The van der Waals surface area contributed by atoms with Crippen molar-refractivity contribution in [2.75, 3.05) is 17.7 Å². The predicted molar refractivity (Wildman–Crippen MR) is 93.8 cm³/mol. The summed E-state index contributed by atoms with van der Waals surface area (Å²) in [5.41, 5.74) is 2.27. The van der Waals surface area contributed by atoms with Crippen LogP contribution in [0.25, 0.3) is 0 Å². The number of rotatable bonds is 6. The quantitative estimate of drug-likeness (QED) is 0.717. The molecule has 0 atom stereocenters. The third-order valence-corrected chi connectivity index (χ3v) is 3.53. The maximum absolute atomic E-state index is 12.2. The molecular formula is C18H18N4O3. The standard InChI is InChI=1S/C18H18N4O3/c1-12-7-17(22-25-12)21-18(23)14-8-15(11-19-10-14)20-9-13-3-5-16(24-2)6-4-13/h3-8,10-11,20H,9H2,1-2H3,(H,21,22,23). The van der Waals surface area contributed by atoms with Crippen molar-refractivity contribution in [3.8, 4) is 5.75 Å². The van der Waals surface area contributed by atoms with Gasteiger partial charge >= 0.3 is 0 Å². The van der Waals surface area contributed by atoms with Gasteiger partial charge in [-0.1, -0.05) is 17.3 Å². The number of pyridine rings is 1. The highest BCUT2D eigenvalue weighted by atomic mass is 16.5. The predicted octanol–water partition coefficient (Wildman–Crippen LogP) is 3.25. The Hall–Kier alpha value is -3.35. The molecule has 7 nitrogen and oxygen atoms in total. The fourth-order valence-corrected chi connectivity index (χ4v) is 2.22. The van der Waals surface area contributed by atoms with Crippen LogP contribution in [0.4, 0.5) is 11.5 Å². The molecule has 3 rings (SSSR count). The number of benzene rings is 1. The Morgan fingerprint density at radius 1 is 1.20 bits per heavy atom. The first-order valence-corrected chi connectivity index (χ1v) is 7.70. The largest absolute Gasteiger partial charge is 0.497 e. The molecule has 0 fully saturated rings. The number of carbonyl (C=O) groups is 1. The van der Waals surface area contributed by atoms with Crippen molar-refractivity contribution in [3.05, 3.63) is 65.7 Å². The summed E-state index contributed by atoms with van der Waals surface area (Å²) in [6, 6.07) is 11.1. The summed E-state index contributed by atoms with van der Waals surface area (Å²) in [5, 5.41) is 9.65. The minimum absolute atomic E-state index is 0.297. The minimum atomic E-state index is -0.297. The molecule has 0 saturated carbocycles. The van der Waals surface area contributed by atoms with E-state index >= 15 is 0 Å². The van der Waals surface area contributed by atoms with Gasteiger partial charge in [-0.05, 0) is 30.7 Å². The second-order valence-electron chi connectivity index (χ2n) is 5.44. The third-order valence-electron chi connectivity index (χ3n) is 3.53. The number of amides is 1. The lowest BCUT2D eigenvalue weighted by Gasteiger charge is -2.08. The van der Waals surface area contributed by atoms with Crippen molar-refractivity contribution in [2.24, 2.45) is 0 Å². The van der Waals surface area contributed by atoms with E-state index in [1.54, 1.807) is 32.4 Å². The molecule has 1 amide bonds. The lowest BCUT2D eigenvalue weighted by molar-refractivity contribution is 0.102. The molecule has 0 aliphatic heterocycles. The van der Waals surface area contributed by atoms with Crippen LogP contribution in [-0.2, 0) is 6.54 Å². The number of ether oxygens (including phenoxy) is 1. The van der Waals surface area contributed by atoms with Crippen molar-refractivity contribution in [1.29, 1.82) is 0 Å². The molecule has 0 bridgehead atoms. The number of aryl methyl sites for hydroxylation is 1. The highest BCUT2D eigenvalue weighted by Gasteiger charge is 2.10. The normalized spacial score (nSPS) is 10.3. The Labute approximate surface area is 145 Å². The van der Waals surface area contributed by atoms with Crippen molar-refractivity contribution in [1.82, 2.24) is 10.1 Å². The lowest BCUT2D eigenvalue weighted by atomic mass is 10.2. The van der Waals surface area contributed by atoms with Crippen LogP contribution >= 0.6 is 0 Å². The average Bonchev–Trinajstić information content (AvgIpc) is 3.05. The molecule has 2 heterocycles. The molecule has 0 aliphatic carbocycles. The monoisotopic (exact) mass is 338 g/mol. The van der Waals surface area contributed by atoms with Crippen LogP contribution in [0.3, 0.4) is 0 Å². The van der Waals surface area contributed by atoms with E-state index in [0.717, 1.165) is 17.0 Å². The van der Waals surface area contributed by atoms with E-state index in [9.17, 15) is 4.79 Å².